The lowest BCUT2D eigenvalue weighted by Gasteiger charge is -2.30. The van der Waals surface area contributed by atoms with Crippen molar-refractivity contribution in [3.63, 3.8) is 0 Å². The van der Waals surface area contributed by atoms with Crippen LogP contribution in [-0.2, 0) is 24.8 Å². The van der Waals surface area contributed by atoms with Crippen molar-refractivity contribution in [1.82, 2.24) is 0 Å². The third-order valence-electron chi connectivity index (χ3n) is 2.91. The number of ether oxygens (including phenoxy) is 5. The van der Waals surface area contributed by atoms with E-state index in [1.807, 2.05) is 0 Å². The van der Waals surface area contributed by atoms with Gasteiger partial charge in [0.2, 0.25) is 0 Å². The summed E-state index contributed by atoms with van der Waals surface area (Å²) in [6.07, 6.45) is 0. The highest BCUT2D eigenvalue weighted by Gasteiger charge is 2.44. The fraction of sp³-hybridized carbons (Fsp3) is 0.533. The molecule has 6 nitrogen and oxygen atoms in total. The van der Waals surface area contributed by atoms with Gasteiger partial charge in [-0.15, -0.1) is 0 Å². The summed E-state index contributed by atoms with van der Waals surface area (Å²) in [7, 11) is 4.34. The van der Waals surface area contributed by atoms with Gasteiger partial charge in [-0.2, -0.15) is 0 Å². The lowest BCUT2D eigenvalue weighted by molar-refractivity contribution is -0.250. The molecule has 0 aliphatic heterocycles. The number of methoxy groups -OCH3 is 3. The Hall–Kier alpha value is -1.79. The molecule has 0 aromatic heterocycles. The fourth-order valence-corrected chi connectivity index (χ4v) is 2.03. The fourth-order valence-electron chi connectivity index (χ4n) is 2.03. The second-order valence-electron chi connectivity index (χ2n) is 4.04. The minimum absolute atomic E-state index is 0.281. The molecule has 0 aliphatic carbocycles. The minimum Gasteiger partial charge on any atom is -0.493 e. The average Bonchev–Trinajstić information content (AvgIpc) is 2.52. The summed E-state index contributed by atoms with van der Waals surface area (Å²) in [5.74, 6) is -1.22. The normalized spacial score (nSPS) is 11.1. The predicted molar refractivity (Wildman–Crippen MR) is 76.5 cm³/mol. The van der Waals surface area contributed by atoms with Crippen LogP contribution in [0.5, 0.6) is 11.5 Å². The Kier molecular flexibility index (Phi) is 6.45. The van der Waals surface area contributed by atoms with Crippen LogP contribution in [-0.4, -0.2) is 40.5 Å². The molecule has 21 heavy (non-hydrogen) atoms. The van der Waals surface area contributed by atoms with E-state index in [1.54, 1.807) is 32.0 Å². The van der Waals surface area contributed by atoms with Gasteiger partial charge in [0.05, 0.1) is 21.3 Å². The number of rotatable bonds is 8. The molecule has 1 aromatic rings. The van der Waals surface area contributed by atoms with E-state index in [1.165, 1.54) is 21.3 Å². The van der Waals surface area contributed by atoms with Gasteiger partial charge in [-0.3, -0.25) is 0 Å². The van der Waals surface area contributed by atoms with Gasteiger partial charge in [0.25, 0.3) is 5.79 Å². The molecule has 0 N–H and O–H groups in total. The molecule has 0 unspecified atom stereocenters. The van der Waals surface area contributed by atoms with Gasteiger partial charge < -0.3 is 23.7 Å². The van der Waals surface area contributed by atoms with Crippen LogP contribution in [0.3, 0.4) is 0 Å². The largest absolute Gasteiger partial charge is 0.493 e. The Morgan fingerprint density at radius 2 is 1.57 bits per heavy atom. The first-order valence-electron chi connectivity index (χ1n) is 6.68. The van der Waals surface area contributed by atoms with Gasteiger partial charge in [0.15, 0.2) is 11.5 Å². The zero-order valence-corrected chi connectivity index (χ0v) is 13.1. The van der Waals surface area contributed by atoms with Crippen LogP contribution in [0, 0.1) is 0 Å². The molecular formula is C15H22O6. The Morgan fingerprint density at radius 3 is 2.00 bits per heavy atom. The Labute approximate surface area is 124 Å². The maximum atomic E-state index is 12.2. The number of carbonyl (C=O) groups is 1. The van der Waals surface area contributed by atoms with Crippen LogP contribution in [0.1, 0.15) is 19.4 Å². The summed E-state index contributed by atoms with van der Waals surface area (Å²) in [5.41, 5.74) is 0.482. The molecule has 0 atom stereocenters. The standard InChI is InChI=1S/C15H22O6/c1-6-20-15(21-7-2,14(16)19-5)11-8-9-12(17-3)13(10-11)18-4/h8-10H,6-7H2,1-5H3. The molecule has 6 heteroatoms. The lowest BCUT2D eigenvalue weighted by atomic mass is 10.0. The van der Waals surface area contributed by atoms with E-state index in [2.05, 4.69) is 0 Å². The zero-order chi connectivity index (χ0) is 15.9. The van der Waals surface area contributed by atoms with Crippen molar-refractivity contribution in [2.45, 2.75) is 19.6 Å². The number of esters is 1. The topological polar surface area (TPSA) is 63.2 Å². The predicted octanol–water partition coefficient (Wildman–Crippen LogP) is 2.10. The molecule has 118 valence electrons. The molecule has 1 rings (SSSR count). The van der Waals surface area contributed by atoms with Crippen LogP contribution in [0.2, 0.25) is 0 Å². The molecule has 0 heterocycles. The molecule has 0 fully saturated rings. The molecule has 0 spiro atoms. The third-order valence-corrected chi connectivity index (χ3v) is 2.91. The van der Waals surface area contributed by atoms with E-state index in [0.717, 1.165) is 0 Å². The Morgan fingerprint density at radius 1 is 1.00 bits per heavy atom. The second-order valence-corrected chi connectivity index (χ2v) is 4.04. The number of carbonyl (C=O) groups excluding carboxylic acids is 1. The SMILES string of the molecule is CCOC(OCC)(C(=O)OC)c1ccc(OC)c(OC)c1. The van der Waals surface area contributed by atoms with Gasteiger partial charge in [-0.05, 0) is 32.0 Å². The van der Waals surface area contributed by atoms with Gasteiger partial charge in [-0.1, -0.05) is 0 Å². The maximum Gasteiger partial charge on any atom is 0.371 e. The Bertz CT molecular complexity index is 465. The molecule has 1 aromatic carbocycles. The van der Waals surface area contributed by atoms with Crippen LogP contribution in [0.15, 0.2) is 18.2 Å². The molecular weight excluding hydrogens is 276 g/mol. The van der Waals surface area contributed by atoms with Crippen molar-refractivity contribution < 1.29 is 28.5 Å². The van der Waals surface area contributed by atoms with E-state index < -0.39 is 11.8 Å². The summed E-state index contributed by atoms with van der Waals surface area (Å²) in [5, 5.41) is 0. The number of hydrogen-bond acceptors (Lipinski definition) is 6. The van der Waals surface area contributed by atoms with Gasteiger partial charge in [0, 0.05) is 18.8 Å². The molecule has 0 bridgehead atoms. The molecule has 0 amide bonds. The Balaban J connectivity index is 3.40. The van der Waals surface area contributed by atoms with E-state index in [9.17, 15) is 4.79 Å². The third kappa shape index (κ3) is 3.46. The highest BCUT2D eigenvalue weighted by Crippen LogP contribution is 2.35. The van der Waals surface area contributed by atoms with E-state index in [4.69, 9.17) is 23.7 Å². The minimum atomic E-state index is -1.61. The van der Waals surface area contributed by atoms with Crippen LogP contribution < -0.4 is 9.47 Å². The summed E-state index contributed by atoms with van der Waals surface area (Å²) in [6, 6.07) is 5.01. The molecule has 0 aliphatic rings. The second kappa shape index (κ2) is 7.85. The first kappa shape index (κ1) is 17.3. The highest BCUT2D eigenvalue weighted by molar-refractivity contribution is 5.80. The van der Waals surface area contributed by atoms with Crippen LogP contribution in [0.4, 0.5) is 0 Å². The van der Waals surface area contributed by atoms with Crippen molar-refractivity contribution in [1.29, 1.82) is 0 Å². The van der Waals surface area contributed by atoms with Crippen molar-refractivity contribution in [2.24, 2.45) is 0 Å². The quantitative estimate of drug-likeness (QED) is 0.541. The van der Waals surface area contributed by atoms with Gasteiger partial charge in [0.1, 0.15) is 0 Å². The van der Waals surface area contributed by atoms with Crippen molar-refractivity contribution in [3.05, 3.63) is 23.8 Å². The highest BCUT2D eigenvalue weighted by atomic mass is 16.7. The zero-order valence-electron chi connectivity index (χ0n) is 13.1. The van der Waals surface area contributed by atoms with Crippen molar-refractivity contribution >= 4 is 5.97 Å². The van der Waals surface area contributed by atoms with Gasteiger partial charge >= 0.3 is 5.97 Å². The first-order valence-corrected chi connectivity index (χ1v) is 6.68. The summed E-state index contributed by atoms with van der Waals surface area (Å²) < 4.78 is 26.5. The smallest absolute Gasteiger partial charge is 0.371 e. The van der Waals surface area contributed by atoms with E-state index in [-0.39, 0.29) is 13.2 Å². The van der Waals surface area contributed by atoms with Crippen LogP contribution in [0.25, 0.3) is 0 Å². The summed E-state index contributed by atoms with van der Waals surface area (Å²) in [6.45, 7) is 4.11. The van der Waals surface area contributed by atoms with E-state index in [0.29, 0.717) is 17.1 Å². The first-order chi connectivity index (χ1) is 10.1. The maximum absolute atomic E-state index is 12.2. The van der Waals surface area contributed by atoms with Crippen LogP contribution >= 0.6 is 0 Å². The number of hydrogen-bond donors (Lipinski definition) is 0. The van der Waals surface area contributed by atoms with E-state index >= 15 is 0 Å². The molecule has 0 saturated heterocycles. The molecule has 0 radical (unpaired) electrons. The lowest BCUT2D eigenvalue weighted by Crippen LogP contribution is -2.42. The molecule has 0 saturated carbocycles. The average molecular weight is 298 g/mol. The van der Waals surface area contributed by atoms with Crippen molar-refractivity contribution in [2.75, 3.05) is 34.5 Å². The summed E-state index contributed by atoms with van der Waals surface area (Å²) in [4.78, 5) is 12.2. The summed E-state index contributed by atoms with van der Waals surface area (Å²) >= 11 is 0. The van der Waals surface area contributed by atoms with Crippen molar-refractivity contribution in [3.8, 4) is 11.5 Å². The number of benzene rings is 1. The monoisotopic (exact) mass is 298 g/mol. The van der Waals surface area contributed by atoms with Gasteiger partial charge in [-0.25, -0.2) is 4.79 Å².